The Morgan fingerprint density at radius 2 is 1.93 bits per heavy atom. The van der Waals surface area contributed by atoms with E-state index in [1.165, 1.54) is 12.1 Å². The second-order valence-corrected chi connectivity index (χ2v) is 7.54. The van der Waals surface area contributed by atoms with Crippen molar-refractivity contribution < 1.29 is 32.2 Å². The molecule has 28 heavy (non-hydrogen) atoms. The van der Waals surface area contributed by atoms with E-state index in [0.717, 1.165) is 17.2 Å². The van der Waals surface area contributed by atoms with Crippen molar-refractivity contribution in [2.45, 2.75) is 32.5 Å². The average molecular weight is 397 g/mol. The molecule has 0 spiro atoms. The lowest BCUT2D eigenvalue weighted by Gasteiger charge is -2.27. The Bertz CT molecular complexity index is 909. The second kappa shape index (κ2) is 7.00. The Kier molecular flexibility index (Phi) is 4.99. The maximum absolute atomic E-state index is 13.9. The summed E-state index contributed by atoms with van der Waals surface area (Å²) in [5, 5.41) is 11.6. The molecule has 0 unspecified atom stereocenters. The summed E-state index contributed by atoms with van der Waals surface area (Å²) in [6.07, 6.45) is -5.03. The van der Waals surface area contributed by atoms with E-state index in [1.54, 1.807) is 12.1 Å². The molecule has 0 fully saturated rings. The van der Waals surface area contributed by atoms with Crippen molar-refractivity contribution >= 4 is 6.09 Å². The van der Waals surface area contributed by atoms with Crippen LogP contribution in [0.5, 0.6) is 5.75 Å². The topological polar surface area (TPSA) is 58.6 Å². The molecule has 0 saturated carbocycles. The van der Waals surface area contributed by atoms with E-state index in [2.05, 4.69) is 10.1 Å². The number of alkyl halides is 3. The molecule has 0 radical (unpaired) electrons. The second-order valence-electron chi connectivity index (χ2n) is 7.54. The van der Waals surface area contributed by atoms with Crippen molar-refractivity contribution in [1.29, 1.82) is 0 Å². The molecule has 150 valence electrons. The largest absolute Gasteiger partial charge is 0.484 e. The van der Waals surface area contributed by atoms with Crippen LogP contribution in [0.4, 0.5) is 22.4 Å². The number of amides is 1. The van der Waals surface area contributed by atoms with Crippen molar-refractivity contribution in [3.63, 3.8) is 0 Å². The van der Waals surface area contributed by atoms with Gasteiger partial charge in [-0.3, -0.25) is 0 Å². The van der Waals surface area contributed by atoms with Crippen LogP contribution in [0.2, 0.25) is 0 Å². The fourth-order valence-corrected chi connectivity index (χ4v) is 3.61. The molecule has 2 aromatic rings. The monoisotopic (exact) mass is 397 g/mol. The quantitative estimate of drug-likeness (QED) is 0.686. The highest BCUT2D eigenvalue weighted by Gasteiger charge is 2.40. The summed E-state index contributed by atoms with van der Waals surface area (Å²) in [5.74, 6) is -0.917. The molecule has 8 heteroatoms. The molecule has 1 aliphatic carbocycles. The molecular weight excluding hydrogens is 378 g/mol. The Labute approximate surface area is 159 Å². The van der Waals surface area contributed by atoms with Crippen LogP contribution in [0.15, 0.2) is 36.4 Å². The first kappa shape index (κ1) is 20.0. The number of fused-ring (bicyclic) bond motifs is 1. The zero-order valence-electron chi connectivity index (χ0n) is 15.2. The maximum atomic E-state index is 13.9. The van der Waals surface area contributed by atoms with Gasteiger partial charge in [0.15, 0.2) is 6.61 Å². The highest BCUT2D eigenvalue weighted by atomic mass is 19.4. The molecule has 2 N–H and O–H groups in total. The van der Waals surface area contributed by atoms with Gasteiger partial charge in [0, 0.05) is 6.07 Å². The van der Waals surface area contributed by atoms with Gasteiger partial charge >= 0.3 is 12.3 Å². The minimum Gasteiger partial charge on any atom is -0.484 e. The van der Waals surface area contributed by atoms with E-state index < -0.39 is 24.7 Å². The predicted octanol–water partition coefficient (Wildman–Crippen LogP) is 5.32. The van der Waals surface area contributed by atoms with Crippen LogP contribution in [0.1, 0.15) is 31.0 Å². The zero-order chi connectivity index (χ0) is 20.7. The molecular formula is C20H19F4NO3. The minimum absolute atomic E-state index is 0.210. The summed E-state index contributed by atoms with van der Waals surface area (Å²) in [7, 11) is 0. The summed E-state index contributed by atoms with van der Waals surface area (Å²) in [6.45, 7) is 2.38. The molecule has 0 saturated heterocycles. The summed E-state index contributed by atoms with van der Waals surface area (Å²) in [4.78, 5) is 11.1. The third kappa shape index (κ3) is 4.37. The summed E-state index contributed by atoms with van der Waals surface area (Å²) < 4.78 is 55.6. The number of ether oxygens (including phenoxy) is 1. The van der Waals surface area contributed by atoms with Gasteiger partial charge in [-0.2, -0.15) is 13.2 Å². The number of carbonyl (C=O) groups is 1. The molecule has 3 rings (SSSR count). The summed E-state index contributed by atoms with van der Waals surface area (Å²) in [6, 6.07) is 8.35. The van der Waals surface area contributed by atoms with Gasteiger partial charge in [0.2, 0.25) is 0 Å². The van der Waals surface area contributed by atoms with Crippen LogP contribution in [-0.4, -0.2) is 24.0 Å². The third-order valence-electron chi connectivity index (χ3n) is 4.76. The van der Waals surface area contributed by atoms with Crippen molar-refractivity contribution in [3.8, 4) is 16.9 Å². The van der Waals surface area contributed by atoms with Crippen LogP contribution in [0.25, 0.3) is 11.1 Å². The van der Waals surface area contributed by atoms with Gasteiger partial charge < -0.3 is 15.2 Å². The molecule has 0 heterocycles. The van der Waals surface area contributed by atoms with E-state index in [1.807, 2.05) is 19.9 Å². The molecule has 0 aromatic heterocycles. The molecule has 1 atom stereocenters. The van der Waals surface area contributed by atoms with Crippen molar-refractivity contribution in [1.82, 2.24) is 5.32 Å². The van der Waals surface area contributed by atoms with E-state index in [-0.39, 0.29) is 17.2 Å². The number of halogens is 4. The SMILES string of the molecule is CC1(C)Cc2cc(-c3cc(F)cc(OCC(F)(F)F)c3)ccc2[C@@H]1NC(=O)O. The number of benzene rings is 2. The molecule has 0 aliphatic heterocycles. The Hall–Kier alpha value is -2.77. The smallest absolute Gasteiger partial charge is 0.422 e. The summed E-state index contributed by atoms with van der Waals surface area (Å²) >= 11 is 0. The Morgan fingerprint density at radius 1 is 1.21 bits per heavy atom. The molecule has 1 amide bonds. The normalized spacial score (nSPS) is 17.9. The molecule has 0 bridgehead atoms. The molecule has 2 aromatic carbocycles. The van der Waals surface area contributed by atoms with E-state index in [9.17, 15) is 22.4 Å². The standard InChI is InChI=1S/C20H19F4NO3/c1-19(2)9-13-5-11(3-4-16(13)17(19)25-18(26)27)12-6-14(21)8-15(7-12)28-10-20(22,23)24/h3-8,17,25H,9-10H2,1-2H3,(H,26,27)/t17-/m0/s1. The van der Waals surface area contributed by atoms with Crippen molar-refractivity contribution in [2.75, 3.05) is 6.61 Å². The minimum atomic E-state index is -4.52. The van der Waals surface area contributed by atoms with Crippen molar-refractivity contribution in [2.24, 2.45) is 5.41 Å². The van der Waals surface area contributed by atoms with Gasteiger partial charge in [0.1, 0.15) is 11.6 Å². The number of carboxylic acid groups (broad SMARTS) is 1. The lowest BCUT2D eigenvalue weighted by atomic mass is 9.85. The third-order valence-corrected chi connectivity index (χ3v) is 4.76. The first-order valence-corrected chi connectivity index (χ1v) is 8.57. The summed E-state index contributed by atoms with van der Waals surface area (Å²) in [5.41, 5.74) is 2.39. The number of hydrogen-bond donors (Lipinski definition) is 2. The van der Waals surface area contributed by atoms with Gasteiger partial charge in [0.05, 0.1) is 6.04 Å². The average Bonchev–Trinajstić information content (AvgIpc) is 2.81. The van der Waals surface area contributed by atoms with Crippen LogP contribution in [0, 0.1) is 11.2 Å². The highest BCUT2D eigenvalue weighted by molar-refractivity contribution is 5.69. The predicted molar refractivity (Wildman–Crippen MR) is 94.8 cm³/mol. The lowest BCUT2D eigenvalue weighted by Crippen LogP contribution is -2.34. The number of hydrogen-bond acceptors (Lipinski definition) is 2. The molecule has 4 nitrogen and oxygen atoms in total. The van der Waals surface area contributed by atoms with Crippen LogP contribution >= 0.6 is 0 Å². The molecule has 1 aliphatic rings. The van der Waals surface area contributed by atoms with E-state index in [0.29, 0.717) is 17.5 Å². The first-order chi connectivity index (χ1) is 12.9. The van der Waals surface area contributed by atoms with Gasteiger partial charge in [-0.15, -0.1) is 0 Å². The fourth-order valence-electron chi connectivity index (χ4n) is 3.61. The van der Waals surface area contributed by atoms with Gasteiger partial charge in [-0.05, 0) is 46.2 Å². The number of nitrogens with one attached hydrogen (secondary N) is 1. The van der Waals surface area contributed by atoms with Gasteiger partial charge in [-0.1, -0.05) is 32.0 Å². The van der Waals surface area contributed by atoms with E-state index in [4.69, 9.17) is 5.11 Å². The van der Waals surface area contributed by atoms with Gasteiger partial charge in [-0.25, -0.2) is 9.18 Å². The Balaban J connectivity index is 1.92. The van der Waals surface area contributed by atoms with Gasteiger partial charge in [0.25, 0.3) is 0 Å². The Morgan fingerprint density at radius 3 is 2.57 bits per heavy atom. The maximum Gasteiger partial charge on any atom is 0.422 e. The zero-order valence-corrected chi connectivity index (χ0v) is 15.2. The first-order valence-electron chi connectivity index (χ1n) is 8.57. The highest BCUT2D eigenvalue weighted by Crippen LogP contribution is 2.46. The van der Waals surface area contributed by atoms with Crippen LogP contribution in [0.3, 0.4) is 0 Å². The van der Waals surface area contributed by atoms with Crippen LogP contribution in [-0.2, 0) is 6.42 Å². The fraction of sp³-hybridized carbons (Fsp3) is 0.350. The van der Waals surface area contributed by atoms with Crippen molar-refractivity contribution in [3.05, 3.63) is 53.3 Å². The van der Waals surface area contributed by atoms with Crippen LogP contribution < -0.4 is 10.1 Å². The van der Waals surface area contributed by atoms with E-state index >= 15 is 0 Å². The lowest BCUT2D eigenvalue weighted by molar-refractivity contribution is -0.153. The number of rotatable bonds is 4.